The summed E-state index contributed by atoms with van der Waals surface area (Å²) in [4.78, 5) is 27.5. The number of fused-ring (bicyclic) bond motifs is 3. The van der Waals surface area contributed by atoms with Crippen molar-refractivity contribution in [1.82, 2.24) is 10.2 Å². The molecule has 0 saturated carbocycles. The van der Waals surface area contributed by atoms with Crippen LogP contribution < -0.4 is 10.1 Å². The second-order valence-electron chi connectivity index (χ2n) is 10.8. The molecule has 1 atom stereocenters. The molecule has 7 nitrogen and oxygen atoms in total. The summed E-state index contributed by atoms with van der Waals surface area (Å²) in [7, 11) is 0. The molecule has 212 valence electrons. The van der Waals surface area contributed by atoms with Crippen LogP contribution >= 0.6 is 0 Å². The van der Waals surface area contributed by atoms with Crippen LogP contribution in [-0.4, -0.2) is 60.8 Å². The van der Waals surface area contributed by atoms with Crippen LogP contribution in [-0.2, 0) is 28.9 Å². The number of amides is 1. The summed E-state index contributed by atoms with van der Waals surface area (Å²) in [6, 6.07) is 22.1. The van der Waals surface area contributed by atoms with Gasteiger partial charge in [-0.25, -0.2) is 4.79 Å². The molecule has 0 spiro atoms. The van der Waals surface area contributed by atoms with Crippen molar-refractivity contribution >= 4 is 11.9 Å². The zero-order valence-corrected chi connectivity index (χ0v) is 23.5. The van der Waals surface area contributed by atoms with E-state index in [0.29, 0.717) is 43.5 Å². The van der Waals surface area contributed by atoms with Crippen LogP contribution in [0.2, 0.25) is 0 Å². The van der Waals surface area contributed by atoms with Crippen LogP contribution in [0.4, 0.5) is 0 Å². The summed E-state index contributed by atoms with van der Waals surface area (Å²) in [5.41, 5.74) is 4.48. The summed E-state index contributed by atoms with van der Waals surface area (Å²) in [6.07, 6.45) is 1.93. The van der Waals surface area contributed by atoms with Gasteiger partial charge in [0.05, 0.1) is 13.2 Å². The highest BCUT2D eigenvalue weighted by molar-refractivity contribution is 5.97. The third kappa shape index (κ3) is 8.93. The summed E-state index contributed by atoms with van der Waals surface area (Å²) >= 11 is 0. The molecular weight excluding hydrogens is 504 g/mol. The largest absolute Gasteiger partial charge is 0.491 e. The van der Waals surface area contributed by atoms with Crippen molar-refractivity contribution in [3.05, 3.63) is 101 Å². The molecule has 0 aromatic heterocycles. The fourth-order valence-corrected chi connectivity index (χ4v) is 4.82. The molecule has 0 fully saturated rings. The fraction of sp³-hybridized carbons (Fsp3) is 0.394. The Morgan fingerprint density at radius 3 is 2.52 bits per heavy atom. The van der Waals surface area contributed by atoms with E-state index in [9.17, 15) is 14.7 Å². The van der Waals surface area contributed by atoms with Gasteiger partial charge in [0.25, 0.3) is 5.91 Å². The Balaban J connectivity index is 1.54. The number of hydrogen-bond donors (Lipinski definition) is 2. The van der Waals surface area contributed by atoms with E-state index >= 15 is 0 Å². The monoisotopic (exact) mass is 544 g/mol. The first kappa shape index (κ1) is 29.3. The first-order valence-electron chi connectivity index (χ1n) is 14.1. The lowest BCUT2D eigenvalue weighted by Gasteiger charge is -2.24. The average Bonchev–Trinajstić information content (AvgIpc) is 2.94. The van der Waals surface area contributed by atoms with Gasteiger partial charge >= 0.3 is 5.97 Å². The molecule has 3 aromatic rings. The lowest BCUT2D eigenvalue weighted by atomic mass is 9.99. The molecule has 40 heavy (non-hydrogen) atoms. The van der Waals surface area contributed by atoms with E-state index in [0.717, 1.165) is 42.7 Å². The maximum atomic E-state index is 13.2. The van der Waals surface area contributed by atoms with E-state index in [1.807, 2.05) is 30.3 Å². The molecular formula is C33H40N2O5. The van der Waals surface area contributed by atoms with Gasteiger partial charge < -0.3 is 19.9 Å². The topological polar surface area (TPSA) is 88.1 Å². The molecule has 0 saturated heterocycles. The molecule has 2 N–H and O–H groups in total. The van der Waals surface area contributed by atoms with Gasteiger partial charge in [0.1, 0.15) is 18.4 Å². The van der Waals surface area contributed by atoms with Crippen LogP contribution in [0, 0.1) is 5.92 Å². The van der Waals surface area contributed by atoms with Gasteiger partial charge in [-0.05, 0) is 59.3 Å². The summed E-state index contributed by atoms with van der Waals surface area (Å²) < 4.78 is 12.0. The van der Waals surface area contributed by atoms with E-state index in [1.165, 1.54) is 5.56 Å². The molecule has 2 bridgehead atoms. The Labute approximate surface area is 237 Å². The van der Waals surface area contributed by atoms with Crippen molar-refractivity contribution in [2.75, 3.05) is 32.9 Å². The van der Waals surface area contributed by atoms with Crippen molar-refractivity contribution in [2.45, 2.75) is 45.7 Å². The molecule has 1 aliphatic heterocycles. The van der Waals surface area contributed by atoms with Gasteiger partial charge in [0.15, 0.2) is 0 Å². The standard InChI is InChI=1S/C33H40N2O5/c1-24(2)13-14-35-15-16-39-17-18-40-31-12-11-28(22-29(31)20-26-9-6-10-27(19-26)23-35)32(36)34-30(33(37)38)21-25-7-4-3-5-8-25/h3-12,19,22,24,30H,13-18,20-21,23H2,1-2H3,(H,34,36)(H,37,38). The summed E-state index contributed by atoms with van der Waals surface area (Å²) in [5.74, 6) is -0.164. The van der Waals surface area contributed by atoms with Gasteiger partial charge in [-0.1, -0.05) is 68.4 Å². The van der Waals surface area contributed by atoms with Gasteiger partial charge in [0.2, 0.25) is 0 Å². The van der Waals surface area contributed by atoms with Crippen molar-refractivity contribution in [3.63, 3.8) is 0 Å². The first-order chi connectivity index (χ1) is 19.4. The number of ether oxygens (including phenoxy) is 2. The number of aliphatic carboxylic acids is 1. The van der Waals surface area contributed by atoms with E-state index < -0.39 is 17.9 Å². The number of carbonyl (C=O) groups is 2. The lowest BCUT2D eigenvalue weighted by Crippen LogP contribution is -2.42. The van der Waals surface area contributed by atoms with Crippen LogP contribution in [0.5, 0.6) is 5.75 Å². The highest BCUT2D eigenvalue weighted by Gasteiger charge is 2.22. The quantitative estimate of drug-likeness (QED) is 0.417. The summed E-state index contributed by atoms with van der Waals surface area (Å²) in [5, 5.41) is 12.4. The molecule has 1 amide bonds. The van der Waals surface area contributed by atoms with E-state index in [2.05, 4.69) is 48.3 Å². The highest BCUT2D eigenvalue weighted by Crippen LogP contribution is 2.25. The maximum Gasteiger partial charge on any atom is 0.326 e. The predicted octanol–water partition coefficient (Wildman–Crippen LogP) is 4.96. The minimum absolute atomic E-state index is 0.205. The molecule has 1 heterocycles. The van der Waals surface area contributed by atoms with Gasteiger partial charge in [-0.2, -0.15) is 0 Å². The second kappa shape index (κ2) is 14.6. The molecule has 1 aliphatic rings. The van der Waals surface area contributed by atoms with Crippen LogP contribution in [0.25, 0.3) is 0 Å². The molecule has 0 aliphatic carbocycles. The van der Waals surface area contributed by atoms with Crippen molar-refractivity contribution < 1.29 is 24.2 Å². The van der Waals surface area contributed by atoms with Gasteiger partial charge in [-0.15, -0.1) is 0 Å². The lowest BCUT2D eigenvalue weighted by molar-refractivity contribution is -0.139. The number of carbonyl (C=O) groups excluding carboxylic acids is 1. The first-order valence-corrected chi connectivity index (χ1v) is 14.1. The number of rotatable bonds is 8. The van der Waals surface area contributed by atoms with Crippen LogP contribution in [0.3, 0.4) is 0 Å². The Bertz CT molecular complexity index is 1260. The van der Waals surface area contributed by atoms with Crippen LogP contribution in [0.15, 0.2) is 72.8 Å². The molecule has 7 heteroatoms. The third-order valence-electron chi connectivity index (χ3n) is 7.06. The van der Waals surface area contributed by atoms with Gasteiger partial charge in [-0.3, -0.25) is 9.69 Å². The predicted molar refractivity (Wildman–Crippen MR) is 156 cm³/mol. The van der Waals surface area contributed by atoms with Crippen molar-refractivity contribution in [2.24, 2.45) is 5.92 Å². The average molecular weight is 545 g/mol. The van der Waals surface area contributed by atoms with Crippen molar-refractivity contribution in [3.8, 4) is 5.75 Å². The molecule has 4 rings (SSSR count). The molecule has 1 unspecified atom stereocenters. The second-order valence-corrected chi connectivity index (χ2v) is 10.8. The minimum Gasteiger partial charge on any atom is -0.491 e. The van der Waals surface area contributed by atoms with Crippen LogP contribution in [0.1, 0.15) is 52.9 Å². The third-order valence-corrected chi connectivity index (χ3v) is 7.06. The van der Waals surface area contributed by atoms with Gasteiger partial charge in [0, 0.05) is 31.5 Å². The maximum absolute atomic E-state index is 13.2. The normalized spacial score (nSPS) is 15.4. The zero-order valence-electron chi connectivity index (χ0n) is 23.5. The summed E-state index contributed by atoms with van der Waals surface area (Å²) in [6.45, 7) is 8.76. The fourth-order valence-electron chi connectivity index (χ4n) is 4.82. The smallest absolute Gasteiger partial charge is 0.326 e. The Morgan fingerprint density at radius 1 is 0.950 bits per heavy atom. The number of carboxylic acids is 1. The van der Waals surface area contributed by atoms with E-state index in [-0.39, 0.29) is 6.42 Å². The van der Waals surface area contributed by atoms with E-state index in [1.54, 1.807) is 18.2 Å². The number of carboxylic acid groups (broad SMARTS) is 1. The Morgan fingerprint density at radius 2 is 1.75 bits per heavy atom. The molecule has 0 radical (unpaired) electrons. The minimum atomic E-state index is -1.07. The molecule has 3 aromatic carbocycles. The van der Waals surface area contributed by atoms with Crippen molar-refractivity contribution in [1.29, 1.82) is 0 Å². The van der Waals surface area contributed by atoms with E-state index in [4.69, 9.17) is 9.47 Å². The zero-order chi connectivity index (χ0) is 28.3. The Kier molecular flexibility index (Phi) is 10.7. The number of hydrogen-bond acceptors (Lipinski definition) is 5. The SMILES string of the molecule is CC(C)CCN1CCOCCOc2ccc(C(=O)NC(Cc3ccccc3)C(=O)O)cc2Cc2cccc(c2)C1. The number of benzene rings is 3. The number of nitrogens with one attached hydrogen (secondary N) is 1. The number of nitrogens with zero attached hydrogens (tertiary/aromatic N) is 1. The highest BCUT2D eigenvalue weighted by atomic mass is 16.5. The Hall–Kier alpha value is -3.68.